The molecule has 100 valence electrons. The van der Waals surface area contributed by atoms with E-state index in [1.165, 1.54) is 18.2 Å². The van der Waals surface area contributed by atoms with Crippen molar-refractivity contribution in [1.82, 2.24) is 0 Å². The Morgan fingerprint density at radius 3 is 2.33 bits per heavy atom. The average molecular weight is 335 g/mol. The van der Waals surface area contributed by atoms with Gasteiger partial charge in [-0.2, -0.15) is 0 Å². The van der Waals surface area contributed by atoms with Crippen molar-refractivity contribution < 1.29 is 18.3 Å². The molecule has 0 saturated carbocycles. The minimum absolute atomic E-state index is 0.0252. The predicted octanol–water partition coefficient (Wildman–Crippen LogP) is 3.11. The number of benzene rings is 1. The Morgan fingerprint density at radius 1 is 1.33 bits per heavy atom. The second kappa shape index (κ2) is 5.84. The molecule has 18 heavy (non-hydrogen) atoms. The number of aromatic carboxylic acids is 1. The molecule has 0 unspecified atom stereocenters. The Kier molecular flexibility index (Phi) is 4.92. The normalized spacial score (nSPS) is 11.8. The molecule has 0 atom stereocenters. The van der Waals surface area contributed by atoms with Crippen molar-refractivity contribution in [3.05, 3.63) is 28.2 Å². The summed E-state index contributed by atoms with van der Waals surface area (Å²) in [5, 5.41) is 8.42. The van der Waals surface area contributed by atoms with Crippen molar-refractivity contribution in [3.8, 4) is 0 Å². The molecule has 1 aromatic rings. The standard InChI is InChI=1S/C12H15BrO4S/c1-3-9(4-2)18(16,17)11-7-8(12(14)15)5-6-10(11)13/h5-7,9H,3-4H2,1-2H3,(H,14,15). The van der Waals surface area contributed by atoms with E-state index >= 15 is 0 Å². The zero-order chi connectivity index (χ0) is 13.9. The van der Waals surface area contributed by atoms with Crippen LogP contribution in [0, 0.1) is 0 Å². The Labute approximate surface area is 115 Å². The third kappa shape index (κ3) is 2.92. The van der Waals surface area contributed by atoms with Crippen LogP contribution < -0.4 is 0 Å². The van der Waals surface area contributed by atoms with E-state index in [2.05, 4.69) is 15.9 Å². The lowest BCUT2D eigenvalue weighted by molar-refractivity contribution is 0.0696. The van der Waals surface area contributed by atoms with Crippen LogP contribution in [0.1, 0.15) is 37.0 Å². The van der Waals surface area contributed by atoms with Crippen LogP contribution in [0.15, 0.2) is 27.6 Å². The van der Waals surface area contributed by atoms with Crippen LogP contribution in [0.3, 0.4) is 0 Å². The molecule has 0 heterocycles. The van der Waals surface area contributed by atoms with Gasteiger partial charge < -0.3 is 5.11 Å². The van der Waals surface area contributed by atoms with Crippen LogP contribution in [0.25, 0.3) is 0 Å². The molecule has 0 aliphatic heterocycles. The van der Waals surface area contributed by atoms with Gasteiger partial charge >= 0.3 is 5.97 Å². The third-order valence-electron chi connectivity index (χ3n) is 2.83. The van der Waals surface area contributed by atoms with Crippen LogP contribution >= 0.6 is 15.9 Å². The van der Waals surface area contributed by atoms with Gasteiger partial charge in [0.05, 0.1) is 15.7 Å². The number of carbonyl (C=O) groups is 1. The monoisotopic (exact) mass is 334 g/mol. The van der Waals surface area contributed by atoms with Crippen LogP contribution in [-0.4, -0.2) is 24.7 Å². The molecular formula is C12H15BrO4S. The summed E-state index contributed by atoms with van der Waals surface area (Å²) in [5.41, 5.74) is -0.0252. The van der Waals surface area contributed by atoms with Gasteiger partial charge in [0, 0.05) is 4.47 Å². The van der Waals surface area contributed by atoms with E-state index < -0.39 is 21.1 Å². The van der Waals surface area contributed by atoms with Gasteiger partial charge in [0.25, 0.3) is 0 Å². The lowest BCUT2D eigenvalue weighted by Gasteiger charge is -2.15. The SMILES string of the molecule is CCC(CC)S(=O)(=O)c1cc(C(=O)O)ccc1Br. The molecule has 0 fully saturated rings. The van der Waals surface area contributed by atoms with Crippen molar-refractivity contribution in [2.45, 2.75) is 36.8 Å². The molecule has 0 radical (unpaired) electrons. The number of halogens is 1. The molecule has 0 amide bonds. The number of rotatable bonds is 5. The van der Waals surface area contributed by atoms with E-state index in [0.717, 1.165) is 0 Å². The van der Waals surface area contributed by atoms with Crippen molar-refractivity contribution in [2.75, 3.05) is 0 Å². The number of hydrogen-bond donors (Lipinski definition) is 1. The minimum atomic E-state index is -3.50. The molecule has 4 nitrogen and oxygen atoms in total. The first-order valence-corrected chi connectivity index (χ1v) is 7.95. The van der Waals surface area contributed by atoms with Crippen molar-refractivity contribution >= 4 is 31.7 Å². The van der Waals surface area contributed by atoms with Gasteiger partial charge in [0.15, 0.2) is 9.84 Å². The first-order chi connectivity index (χ1) is 8.34. The van der Waals surface area contributed by atoms with Crippen LogP contribution in [0.4, 0.5) is 0 Å². The fourth-order valence-electron chi connectivity index (χ4n) is 1.76. The van der Waals surface area contributed by atoms with Crippen molar-refractivity contribution in [3.63, 3.8) is 0 Å². The summed E-state index contributed by atoms with van der Waals surface area (Å²) in [4.78, 5) is 10.9. The van der Waals surface area contributed by atoms with E-state index in [-0.39, 0.29) is 10.5 Å². The Balaban J connectivity index is 3.40. The quantitative estimate of drug-likeness (QED) is 0.897. The minimum Gasteiger partial charge on any atom is -0.478 e. The summed E-state index contributed by atoms with van der Waals surface area (Å²) in [5.74, 6) is -1.14. The maximum Gasteiger partial charge on any atom is 0.335 e. The Bertz CT molecular complexity index is 547. The zero-order valence-corrected chi connectivity index (χ0v) is 12.6. The average Bonchev–Trinajstić information content (AvgIpc) is 2.30. The van der Waals surface area contributed by atoms with Crippen LogP contribution in [0.2, 0.25) is 0 Å². The maximum absolute atomic E-state index is 12.4. The summed E-state index contributed by atoms with van der Waals surface area (Å²) in [6.45, 7) is 3.61. The summed E-state index contributed by atoms with van der Waals surface area (Å²) in [7, 11) is -3.50. The lowest BCUT2D eigenvalue weighted by atomic mass is 10.2. The van der Waals surface area contributed by atoms with Gasteiger partial charge in [0.2, 0.25) is 0 Å². The molecule has 1 rings (SSSR count). The molecule has 0 aromatic heterocycles. The fraction of sp³-hybridized carbons (Fsp3) is 0.417. The number of sulfone groups is 1. The van der Waals surface area contributed by atoms with Gasteiger partial charge in [-0.1, -0.05) is 13.8 Å². The summed E-state index contributed by atoms with van der Waals surface area (Å²) >= 11 is 3.17. The highest BCUT2D eigenvalue weighted by Gasteiger charge is 2.27. The molecule has 1 N–H and O–H groups in total. The van der Waals surface area contributed by atoms with Gasteiger partial charge in [-0.15, -0.1) is 0 Å². The Morgan fingerprint density at radius 2 is 1.89 bits per heavy atom. The first kappa shape index (κ1) is 15.2. The van der Waals surface area contributed by atoms with E-state index in [4.69, 9.17) is 5.11 Å². The lowest BCUT2D eigenvalue weighted by Crippen LogP contribution is -2.20. The summed E-state index contributed by atoms with van der Waals surface area (Å²) in [6, 6.07) is 4.04. The third-order valence-corrected chi connectivity index (χ3v) is 6.28. The number of carboxylic acid groups (broad SMARTS) is 1. The van der Waals surface area contributed by atoms with E-state index in [1.807, 2.05) is 0 Å². The second-order valence-corrected chi connectivity index (χ2v) is 6.98. The molecule has 0 bridgehead atoms. The summed E-state index contributed by atoms with van der Waals surface area (Å²) < 4.78 is 25.1. The molecule has 0 aliphatic rings. The smallest absolute Gasteiger partial charge is 0.335 e. The van der Waals surface area contributed by atoms with Crippen LogP contribution in [0.5, 0.6) is 0 Å². The van der Waals surface area contributed by atoms with Gasteiger partial charge in [-0.3, -0.25) is 0 Å². The highest BCUT2D eigenvalue weighted by molar-refractivity contribution is 9.10. The topological polar surface area (TPSA) is 71.4 Å². The molecule has 0 aliphatic carbocycles. The van der Waals surface area contributed by atoms with Crippen molar-refractivity contribution in [2.24, 2.45) is 0 Å². The summed E-state index contributed by atoms with van der Waals surface area (Å²) in [6.07, 6.45) is 1.01. The largest absolute Gasteiger partial charge is 0.478 e. The molecule has 0 spiro atoms. The second-order valence-electron chi connectivity index (χ2n) is 3.93. The highest BCUT2D eigenvalue weighted by atomic mass is 79.9. The van der Waals surface area contributed by atoms with Gasteiger partial charge in [-0.25, -0.2) is 13.2 Å². The van der Waals surface area contributed by atoms with Crippen molar-refractivity contribution in [1.29, 1.82) is 0 Å². The maximum atomic E-state index is 12.4. The Hall–Kier alpha value is -0.880. The molecule has 0 saturated heterocycles. The molecular weight excluding hydrogens is 320 g/mol. The first-order valence-electron chi connectivity index (χ1n) is 5.61. The highest BCUT2D eigenvalue weighted by Crippen LogP contribution is 2.28. The van der Waals surface area contributed by atoms with E-state index in [9.17, 15) is 13.2 Å². The van der Waals surface area contributed by atoms with E-state index in [1.54, 1.807) is 13.8 Å². The molecule has 6 heteroatoms. The number of carboxylic acids is 1. The predicted molar refractivity (Wildman–Crippen MR) is 72.7 cm³/mol. The fourth-order valence-corrected chi connectivity index (χ4v) is 4.55. The van der Waals surface area contributed by atoms with Crippen LogP contribution in [-0.2, 0) is 9.84 Å². The number of hydrogen-bond acceptors (Lipinski definition) is 3. The van der Waals surface area contributed by atoms with Gasteiger partial charge in [0.1, 0.15) is 0 Å². The molecule has 1 aromatic carbocycles. The zero-order valence-electron chi connectivity index (χ0n) is 10.2. The van der Waals surface area contributed by atoms with Gasteiger partial charge in [-0.05, 0) is 47.0 Å². The van der Waals surface area contributed by atoms with E-state index in [0.29, 0.717) is 17.3 Å².